The molecule has 0 aliphatic rings. The van der Waals surface area contributed by atoms with Crippen molar-refractivity contribution in [3.05, 3.63) is 46.9 Å². The van der Waals surface area contributed by atoms with Crippen LogP contribution in [0.5, 0.6) is 0 Å². The molecule has 0 atom stereocenters. The Morgan fingerprint density at radius 1 is 0.941 bits per heavy atom. The monoisotopic (exact) mass is 287 g/mol. The Balaban J connectivity index is 0. The first-order valence-electron chi connectivity index (χ1n) is 4.39. The maximum Gasteiger partial charge on any atom is 2.00 e. The molecule has 1 aromatic carbocycles. The van der Waals surface area contributed by atoms with Crippen molar-refractivity contribution in [2.75, 3.05) is 13.1 Å². The smallest absolute Gasteiger partial charge is 0.679 e. The van der Waals surface area contributed by atoms with Crippen molar-refractivity contribution in [2.45, 2.75) is 0 Å². The first-order chi connectivity index (χ1) is 7.54. The van der Waals surface area contributed by atoms with Gasteiger partial charge in [-0.05, 0) is 12.1 Å². The molecule has 0 unspecified atom stereocenters. The summed E-state index contributed by atoms with van der Waals surface area (Å²) in [5.41, 5.74) is 12.1. The summed E-state index contributed by atoms with van der Waals surface area (Å²) in [6, 6.07) is 5.48. The van der Waals surface area contributed by atoms with Gasteiger partial charge in [-0.1, -0.05) is 12.1 Å². The van der Waals surface area contributed by atoms with Crippen LogP contribution in [0.2, 0.25) is 0 Å². The molecule has 6 nitrogen and oxygen atoms in total. The van der Waals surface area contributed by atoms with Gasteiger partial charge in [0.25, 0.3) is 0 Å². The van der Waals surface area contributed by atoms with Crippen molar-refractivity contribution in [3.63, 3.8) is 0 Å². The molecule has 4 N–H and O–H groups in total. The van der Waals surface area contributed by atoms with Gasteiger partial charge in [-0.15, -0.1) is 0 Å². The molecule has 0 saturated carbocycles. The van der Waals surface area contributed by atoms with Crippen molar-refractivity contribution in [1.29, 1.82) is 0 Å². The van der Waals surface area contributed by atoms with Crippen LogP contribution in [0.3, 0.4) is 0 Å². The van der Waals surface area contributed by atoms with Gasteiger partial charge in [-0.25, -0.2) is 9.59 Å². The molecule has 0 saturated heterocycles. The van der Waals surface area contributed by atoms with Gasteiger partial charge in [0.1, 0.15) is 0 Å². The molecule has 17 heavy (non-hydrogen) atoms. The minimum absolute atomic E-state index is 0. The molecule has 0 spiro atoms. The van der Waals surface area contributed by atoms with E-state index < -0.39 is 11.9 Å². The molecular weight excluding hydrogens is 276 g/mol. The van der Waals surface area contributed by atoms with E-state index in [4.69, 9.17) is 21.7 Å². The second-order valence-corrected chi connectivity index (χ2v) is 2.66. The minimum Gasteiger partial charge on any atom is -0.679 e. The Hall–Kier alpha value is -1.40. The number of nitrogens with one attached hydrogen (secondary N) is 2. The van der Waals surface area contributed by atoms with E-state index in [-0.39, 0.29) is 41.3 Å². The summed E-state index contributed by atoms with van der Waals surface area (Å²) >= 11 is 0. The van der Waals surface area contributed by atoms with Crippen LogP contribution in [0, 0.1) is 0 Å². The Labute approximate surface area is 109 Å². The molecule has 0 aromatic heterocycles. The third-order valence-corrected chi connectivity index (χ3v) is 1.51. The maximum absolute atomic E-state index is 10.5. The fraction of sp³-hybridized carbons (Fsp3) is 0.200. The zero-order valence-corrected chi connectivity index (χ0v) is 9.68. The van der Waals surface area contributed by atoms with Gasteiger partial charge in [0.15, 0.2) is 0 Å². The fourth-order valence-electron chi connectivity index (χ4n) is 0.856. The topological polar surface area (TPSA) is 122 Å². The van der Waals surface area contributed by atoms with E-state index in [1.807, 2.05) is 0 Å². The van der Waals surface area contributed by atoms with E-state index >= 15 is 0 Å². The molecule has 7 heteroatoms. The molecule has 0 bridgehead atoms. The average molecular weight is 288 g/mol. The number of rotatable bonds is 3. The van der Waals surface area contributed by atoms with Crippen LogP contribution in [0.4, 0.5) is 0 Å². The van der Waals surface area contributed by atoms with E-state index in [1.165, 1.54) is 24.3 Å². The van der Waals surface area contributed by atoms with Gasteiger partial charge in [0.2, 0.25) is 0 Å². The Kier molecular flexibility index (Phi) is 10.4. The molecule has 1 radical (unpaired) electrons. The zero-order valence-electron chi connectivity index (χ0n) is 8.74. The third kappa shape index (κ3) is 6.70. The van der Waals surface area contributed by atoms with Crippen molar-refractivity contribution in [1.82, 2.24) is 0 Å². The third-order valence-electron chi connectivity index (χ3n) is 1.51. The quantitative estimate of drug-likeness (QED) is 0.827. The van der Waals surface area contributed by atoms with Gasteiger partial charge >= 0.3 is 29.0 Å². The van der Waals surface area contributed by atoms with E-state index in [2.05, 4.69) is 0 Å². The van der Waals surface area contributed by atoms with Crippen molar-refractivity contribution >= 4 is 11.9 Å². The predicted molar refractivity (Wildman–Crippen MR) is 58.7 cm³/mol. The molecule has 1 aromatic rings. The van der Waals surface area contributed by atoms with Crippen LogP contribution in [0.1, 0.15) is 20.7 Å². The molecular formula is C10H12CuN2O4. The van der Waals surface area contributed by atoms with Gasteiger partial charge in [-0.2, -0.15) is 13.1 Å². The zero-order chi connectivity index (χ0) is 12.6. The SMILES string of the molecule is O=C(O)c1ccccc1C(=O)O.[Cu+2].[NH-]CC[NH-]. The van der Waals surface area contributed by atoms with Crippen LogP contribution in [-0.4, -0.2) is 35.2 Å². The van der Waals surface area contributed by atoms with Crippen LogP contribution in [-0.2, 0) is 17.1 Å². The molecule has 0 fully saturated rings. The summed E-state index contributed by atoms with van der Waals surface area (Å²) < 4.78 is 0. The largest absolute Gasteiger partial charge is 2.00 e. The molecule has 97 valence electrons. The number of carbonyl (C=O) groups is 2. The molecule has 0 heterocycles. The average Bonchev–Trinajstić information content (AvgIpc) is 2.29. The minimum atomic E-state index is -1.23. The normalized spacial score (nSPS) is 8.35. The van der Waals surface area contributed by atoms with Crippen molar-refractivity contribution in [3.8, 4) is 0 Å². The first-order valence-corrected chi connectivity index (χ1v) is 4.39. The number of aromatic carboxylic acids is 2. The van der Waals surface area contributed by atoms with Crippen LogP contribution < -0.4 is 0 Å². The summed E-state index contributed by atoms with van der Waals surface area (Å²) in [6.07, 6.45) is 0. The fourth-order valence-corrected chi connectivity index (χ4v) is 0.856. The summed E-state index contributed by atoms with van der Waals surface area (Å²) in [6.45, 7) is 0.472. The Morgan fingerprint density at radius 3 is 1.41 bits per heavy atom. The van der Waals surface area contributed by atoms with Crippen molar-refractivity contribution < 1.29 is 36.9 Å². The van der Waals surface area contributed by atoms with Crippen LogP contribution in [0.25, 0.3) is 11.5 Å². The van der Waals surface area contributed by atoms with E-state index in [1.54, 1.807) is 0 Å². The Morgan fingerprint density at radius 2 is 1.24 bits per heavy atom. The molecule has 1 rings (SSSR count). The van der Waals surface area contributed by atoms with E-state index in [0.29, 0.717) is 0 Å². The number of carboxylic acid groups (broad SMARTS) is 2. The maximum atomic E-state index is 10.5. The van der Waals surface area contributed by atoms with Gasteiger partial charge in [0.05, 0.1) is 11.1 Å². The summed E-state index contributed by atoms with van der Waals surface area (Å²) in [4.78, 5) is 20.9. The molecule has 0 aliphatic carbocycles. The van der Waals surface area contributed by atoms with Gasteiger partial charge < -0.3 is 21.7 Å². The molecule has 0 aliphatic heterocycles. The standard InChI is InChI=1S/C8H6O4.C2H6N2.Cu/c9-7(10)5-3-1-2-4-6(5)8(11)12;3-1-2-4;/h1-4H,(H,9,10)(H,11,12);3-4H,1-2H2;/q;-2;+2. The second-order valence-electron chi connectivity index (χ2n) is 2.66. The van der Waals surface area contributed by atoms with Crippen LogP contribution in [0.15, 0.2) is 24.3 Å². The van der Waals surface area contributed by atoms with Crippen LogP contribution >= 0.6 is 0 Å². The van der Waals surface area contributed by atoms with Crippen molar-refractivity contribution in [2.24, 2.45) is 0 Å². The van der Waals surface area contributed by atoms with Gasteiger partial charge in [-0.3, -0.25) is 0 Å². The summed E-state index contributed by atoms with van der Waals surface area (Å²) in [7, 11) is 0. The number of hydrogen-bond donors (Lipinski definition) is 2. The predicted octanol–water partition coefficient (Wildman–Crippen LogP) is 2.17. The van der Waals surface area contributed by atoms with Gasteiger partial charge in [0, 0.05) is 0 Å². The van der Waals surface area contributed by atoms with E-state index in [9.17, 15) is 9.59 Å². The Bertz CT molecular complexity index is 336. The first kappa shape index (κ1) is 18.0. The number of carboxylic acids is 2. The van der Waals surface area contributed by atoms with E-state index in [0.717, 1.165) is 0 Å². The summed E-state index contributed by atoms with van der Waals surface area (Å²) in [5.74, 6) is -2.46. The molecule has 0 amide bonds. The summed E-state index contributed by atoms with van der Waals surface area (Å²) in [5, 5.41) is 17.1. The number of hydrogen-bond acceptors (Lipinski definition) is 2. The number of benzene rings is 1. The second kappa shape index (κ2) is 9.80.